The van der Waals surface area contributed by atoms with E-state index in [4.69, 9.17) is 14.2 Å². The van der Waals surface area contributed by atoms with E-state index in [-0.39, 0.29) is 0 Å². The van der Waals surface area contributed by atoms with Crippen LogP contribution in [0.4, 0.5) is 0 Å². The highest BCUT2D eigenvalue weighted by molar-refractivity contribution is 5.13. The summed E-state index contributed by atoms with van der Waals surface area (Å²) >= 11 is 0. The van der Waals surface area contributed by atoms with Crippen LogP contribution >= 0.6 is 0 Å². The first-order valence-corrected chi connectivity index (χ1v) is 8.98. The lowest BCUT2D eigenvalue weighted by Gasteiger charge is -2.30. The quantitative estimate of drug-likeness (QED) is 0.854. The highest BCUT2D eigenvalue weighted by Gasteiger charge is 2.43. The number of nitrogens with zero attached hydrogens (tertiary/aromatic N) is 3. The molecular weight excluding hydrogens is 294 g/mol. The van der Waals surface area contributed by atoms with Gasteiger partial charge in [0, 0.05) is 39.2 Å². The second-order valence-electron chi connectivity index (χ2n) is 7.09. The van der Waals surface area contributed by atoms with Gasteiger partial charge in [0.15, 0.2) is 11.4 Å². The van der Waals surface area contributed by atoms with Crippen molar-refractivity contribution in [1.82, 2.24) is 14.8 Å². The fourth-order valence-corrected chi connectivity index (χ4v) is 4.45. The number of hydrogen-bond acceptors (Lipinski definition) is 5. The van der Waals surface area contributed by atoms with Crippen LogP contribution in [0, 0.1) is 5.92 Å². The van der Waals surface area contributed by atoms with Crippen LogP contribution in [0.15, 0.2) is 0 Å². The van der Waals surface area contributed by atoms with Gasteiger partial charge in [0.2, 0.25) is 0 Å². The van der Waals surface area contributed by atoms with E-state index >= 15 is 0 Å². The Morgan fingerprint density at radius 1 is 1.09 bits per heavy atom. The van der Waals surface area contributed by atoms with Gasteiger partial charge in [0.1, 0.15) is 5.82 Å². The summed E-state index contributed by atoms with van der Waals surface area (Å²) in [6, 6.07) is 0. The SMILES string of the molecule is COC1(c2nnc3n2CCCCC3C2CCOCC2)CCOC1. The first-order valence-electron chi connectivity index (χ1n) is 8.98. The zero-order valence-electron chi connectivity index (χ0n) is 14.0. The van der Waals surface area contributed by atoms with E-state index in [1.807, 2.05) is 0 Å². The molecule has 0 spiro atoms. The minimum absolute atomic E-state index is 0.407. The second-order valence-corrected chi connectivity index (χ2v) is 7.09. The molecule has 23 heavy (non-hydrogen) atoms. The number of rotatable bonds is 3. The Balaban J connectivity index is 1.68. The molecule has 0 aliphatic carbocycles. The minimum Gasteiger partial charge on any atom is -0.381 e. The van der Waals surface area contributed by atoms with Crippen LogP contribution in [0.3, 0.4) is 0 Å². The molecular formula is C17H27N3O3. The standard InChI is InChI=1S/C17H27N3O3/c1-21-17(7-11-23-12-17)16-19-18-15-14(4-2-3-8-20(15)16)13-5-9-22-10-6-13/h13-14H,2-12H2,1H3. The Morgan fingerprint density at radius 3 is 2.70 bits per heavy atom. The average molecular weight is 321 g/mol. The highest BCUT2D eigenvalue weighted by Crippen LogP contribution is 2.40. The van der Waals surface area contributed by atoms with E-state index in [9.17, 15) is 0 Å². The molecule has 1 aromatic heterocycles. The third kappa shape index (κ3) is 2.71. The van der Waals surface area contributed by atoms with E-state index < -0.39 is 5.60 Å². The molecule has 3 aliphatic heterocycles. The third-order valence-corrected chi connectivity index (χ3v) is 5.88. The van der Waals surface area contributed by atoms with Crippen molar-refractivity contribution in [3.05, 3.63) is 11.6 Å². The summed E-state index contributed by atoms with van der Waals surface area (Å²) in [5, 5.41) is 9.23. The van der Waals surface area contributed by atoms with Crippen molar-refractivity contribution in [2.24, 2.45) is 5.92 Å². The van der Waals surface area contributed by atoms with Crippen LogP contribution in [0.5, 0.6) is 0 Å². The second kappa shape index (κ2) is 6.49. The molecule has 2 unspecified atom stereocenters. The number of fused-ring (bicyclic) bond motifs is 1. The molecule has 6 nitrogen and oxygen atoms in total. The molecule has 1 aromatic rings. The molecule has 0 N–H and O–H groups in total. The van der Waals surface area contributed by atoms with Crippen LogP contribution < -0.4 is 0 Å². The fraction of sp³-hybridized carbons (Fsp3) is 0.882. The molecule has 0 aromatic carbocycles. The highest BCUT2D eigenvalue weighted by atomic mass is 16.5. The molecule has 2 atom stereocenters. The van der Waals surface area contributed by atoms with Crippen LogP contribution in [0.25, 0.3) is 0 Å². The maximum Gasteiger partial charge on any atom is 0.167 e. The van der Waals surface area contributed by atoms with Crippen molar-refractivity contribution < 1.29 is 14.2 Å². The van der Waals surface area contributed by atoms with Gasteiger partial charge in [-0.25, -0.2) is 0 Å². The summed E-state index contributed by atoms with van der Waals surface area (Å²) in [5.41, 5.74) is -0.407. The Bertz CT molecular complexity index is 533. The minimum atomic E-state index is -0.407. The summed E-state index contributed by atoms with van der Waals surface area (Å²) in [4.78, 5) is 0. The zero-order valence-corrected chi connectivity index (χ0v) is 14.0. The van der Waals surface area contributed by atoms with Crippen molar-refractivity contribution in [3.63, 3.8) is 0 Å². The molecule has 128 valence electrons. The predicted octanol–water partition coefficient (Wildman–Crippen LogP) is 2.23. The van der Waals surface area contributed by atoms with Gasteiger partial charge in [0.05, 0.1) is 13.2 Å². The lowest BCUT2D eigenvalue weighted by Crippen LogP contribution is -2.33. The van der Waals surface area contributed by atoms with Crippen molar-refractivity contribution in [2.45, 2.75) is 56.6 Å². The smallest absolute Gasteiger partial charge is 0.167 e. The molecule has 0 saturated carbocycles. The lowest BCUT2D eigenvalue weighted by atomic mass is 9.82. The van der Waals surface area contributed by atoms with E-state index in [0.29, 0.717) is 18.4 Å². The first-order chi connectivity index (χ1) is 11.3. The molecule has 6 heteroatoms. The Labute approximate surface area is 137 Å². The largest absolute Gasteiger partial charge is 0.381 e. The van der Waals surface area contributed by atoms with Crippen LogP contribution in [-0.4, -0.2) is 48.3 Å². The lowest BCUT2D eigenvalue weighted by molar-refractivity contribution is -0.0310. The normalized spacial score (nSPS) is 32.7. The molecule has 2 saturated heterocycles. The summed E-state index contributed by atoms with van der Waals surface area (Å²) in [6.45, 7) is 4.10. The van der Waals surface area contributed by atoms with E-state index in [2.05, 4.69) is 14.8 Å². The third-order valence-electron chi connectivity index (χ3n) is 5.88. The molecule has 3 aliphatic rings. The topological polar surface area (TPSA) is 58.4 Å². The summed E-state index contributed by atoms with van der Waals surface area (Å²) in [6.07, 6.45) is 6.83. The molecule has 0 amide bonds. The maximum absolute atomic E-state index is 5.86. The van der Waals surface area contributed by atoms with Gasteiger partial charge >= 0.3 is 0 Å². The predicted molar refractivity (Wildman–Crippen MR) is 84.3 cm³/mol. The zero-order chi connectivity index (χ0) is 15.7. The summed E-state index contributed by atoms with van der Waals surface area (Å²) in [7, 11) is 1.77. The van der Waals surface area contributed by atoms with Crippen molar-refractivity contribution in [3.8, 4) is 0 Å². The number of ether oxygens (including phenoxy) is 3. The van der Waals surface area contributed by atoms with Gasteiger partial charge in [-0.1, -0.05) is 6.42 Å². The van der Waals surface area contributed by atoms with E-state index in [1.165, 1.54) is 25.1 Å². The number of hydrogen-bond donors (Lipinski definition) is 0. The summed E-state index contributed by atoms with van der Waals surface area (Å²) in [5.74, 6) is 3.34. The van der Waals surface area contributed by atoms with Crippen LogP contribution in [0.2, 0.25) is 0 Å². The summed E-state index contributed by atoms with van der Waals surface area (Å²) < 4.78 is 19.4. The van der Waals surface area contributed by atoms with Gasteiger partial charge in [-0.05, 0) is 31.6 Å². The molecule has 4 heterocycles. The number of methoxy groups -OCH3 is 1. The van der Waals surface area contributed by atoms with Gasteiger partial charge in [-0.2, -0.15) is 0 Å². The Morgan fingerprint density at radius 2 is 1.96 bits per heavy atom. The molecule has 2 fully saturated rings. The van der Waals surface area contributed by atoms with E-state index in [0.717, 1.165) is 51.5 Å². The monoisotopic (exact) mass is 321 g/mol. The average Bonchev–Trinajstić information content (AvgIpc) is 3.19. The van der Waals surface area contributed by atoms with Gasteiger partial charge in [-0.15, -0.1) is 10.2 Å². The van der Waals surface area contributed by atoms with Crippen LogP contribution in [-0.2, 0) is 26.4 Å². The Kier molecular flexibility index (Phi) is 4.39. The van der Waals surface area contributed by atoms with Crippen molar-refractivity contribution >= 4 is 0 Å². The fourth-order valence-electron chi connectivity index (χ4n) is 4.45. The molecule has 4 rings (SSSR count). The maximum atomic E-state index is 5.86. The van der Waals surface area contributed by atoms with Crippen molar-refractivity contribution in [1.29, 1.82) is 0 Å². The Hall–Kier alpha value is -0.980. The van der Waals surface area contributed by atoms with Crippen molar-refractivity contribution in [2.75, 3.05) is 33.5 Å². The first kappa shape index (κ1) is 15.5. The van der Waals surface area contributed by atoms with Gasteiger partial charge < -0.3 is 18.8 Å². The number of aromatic nitrogens is 3. The van der Waals surface area contributed by atoms with Gasteiger partial charge in [0.25, 0.3) is 0 Å². The molecule has 0 radical (unpaired) electrons. The van der Waals surface area contributed by atoms with E-state index in [1.54, 1.807) is 7.11 Å². The van der Waals surface area contributed by atoms with Gasteiger partial charge in [-0.3, -0.25) is 0 Å². The molecule has 0 bridgehead atoms. The van der Waals surface area contributed by atoms with Crippen LogP contribution in [0.1, 0.15) is 56.1 Å².